The average Bonchev–Trinajstić information content (AvgIpc) is 3.91. The summed E-state index contributed by atoms with van der Waals surface area (Å²) >= 11 is 8.13. The first-order valence-electron chi connectivity index (χ1n) is 23.6. The fourth-order valence-corrected chi connectivity index (χ4v) is 10.9. The van der Waals surface area contributed by atoms with E-state index in [4.69, 9.17) is 35.4 Å². The van der Waals surface area contributed by atoms with Gasteiger partial charge < -0.3 is 33.8 Å². The largest absolute Gasteiger partial charge is 0.457 e. The standard InChI is InChI=1S/C49H65ClN4O14S/c1-27-11-9-12-29(3)49(63)24-37(65-47(62)51-49)30(4)44-48(7,67-44)39(23-40(57)52(8)36-21-34(19-27)20-28(2)43(36)50)66-42(59)26-64-17-10-18-69-38-22-41(58)53(45(38)60)25-33-13-15-35(16-14-33)46(61)68-54(31(5)55)32(6)56/h9,11-12,20-21,29-30,33,35,37-39,44,63H,10,13-19,22-26H2,1-8H3,(H,51,62)/b12-9+,27-11+/t29-,30-,33-,35-,37?,38?,39+,44+,48+,49+/m1/s1. The number of nitrogens with one attached hydrogen (secondary N) is 1. The van der Waals surface area contributed by atoms with E-state index in [0.29, 0.717) is 60.1 Å². The molecule has 4 aliphatic heterocycles. The van der Waals surface area contributed by atoms with Gasteiger partial charge in [0, 0.05) is 58.7 Å². The van der Waals surface area contributed by atoms with Crippen molar-refractivity contribution in [1.29, 1.82) is 0 Å². The van der Waals surface area contributed by atoms with Crippen LogP contribution in [0.5, 0.6) is 0 Å². The van der Waals surface area contributed by atoms with Crippen LogP contribution in [-0.2, 0) is 63.8 Å². The van der Waals surface area contributed by atoms with Crippen molar-refractivity contribution in [3.63, 3.8) is 0 Å². The molecule has 18 nitrogen and oxygen atoms in total. The van der Waals surface area contributed by atoms with Gasteiger partial charge >= 0.3 is 18.0 Å². The molecule has 6 amide bonds. The van der Waals surface area contributed by atoms with Crippen LogP contribution in [0.4, 0.5) is 10.5 Å². The van der Waals surface area contributed by atoms with Gasteiger partial charge in [0.2, 0.25) is 17.7 Å². The number of aryl methyl sites for hydroxylation is 1. The number of hydrogen-bond donors (Lipinski definition) is 2. The van der Waals surface area contributed by atoms with Gasteiger partial charge in [0.05, 0.1) is 34.4 Å². The molecule has 1 saturated carbocycles. The lowest BCUT2D eigenvalue weighted by molar-refractivity contribution is -0.204. The molecule has 3 saturated heterocycles. The molecule has 2 N–H and O–H groups in total. The number of likely N-dealkylation sites (tertiary alicyclic amines) is 1. The Balaban J connectivity index is 1.03. The second kappa shape index (κ2) is 22.5. The third-order valence-corrected chi connectivity index (χ3v) is 15.7. The monoisotopic (exact) mass is 1000 g/mol. The molecule has 1 aliphatic carbocycles. The van der Waals surface area contributed by atoms with Crippen LogP contribution in [0.15, 0.2) is 35.9 Å². The first-order chi connectivity index (χ1) is 32.5. The first-order valence-corrected chi connectivity index (χ1v) is 25.0. The van der Waals surface area contributed by atoms with E-state index in [-0.39, 0.29) is 50.1 Å². The fourth-order valence-electron chi connectivity index (χ4n) is 9.61. The number of hydroxylamine groups is 2. The molecule has 5 aliphatic rings. The molecule has 20 heteroatoms. The van der Waals surface area contributed by atoms with Crippen molar-refractivity contribution in [2.45, 2.75) is 141 Å². The molecule has 0 aromatic heterocycles. The average molecular weight is 1000 g/mol. The Kier molecular flexibility index (Phi) is 17.5. The molecular formula is C49H65ClN4O14S. The van der Waals surface area contributed by atoms with Crippen molar-refractivity contribution in [2.24, 2.45) is 23.7 Å². The number of allylic oxidation sites excluding steroid dienone is 3. The molecule has 1 aromatic carbocycles. The number of esters is 1. The number of epoxide rings is 1. The van der Waals surface area contributed by atoms with Gasteiger partial charge in [-0.1, -0.05) is 55.3 Å². The topological polar surface area (TPSA) is 228 Å². The normalized spacial score (nSPS) is 31.9. The summed E-state index contributed by atoms with van der Waals surface area (Å²) in [6.07, 6.45) is 5.14. The number of halogens is 1. The molecule has 4 heterocycles. The maximum atomic E-state index is 14.1. The van der Waals surface area contributed by atoms with Crippen molar-refractivity contribution in [1.82, 2.24) is 15.3 Å². The van der Waals surface area contributed by atoms with Crippen LogP contribution in [0, 0.1) is 30.6 Å². The zero-order valence-corrected chi connectivity index (χ0v) is 42.2. The lowest BCUT2D eigenvalue weighted by Crippen LogP contribution is -2.60. The van der Waals surface area contributed by atoms with Crippen LogP contribution in [0.3, 0.4) is 0 Å². The van der Waals surface area contributed by atoms with E-state index in [1.165, 1.54) is 21.6 Å². The number of alkyl carbamates (subject to hydrolysis) is 1. The number of benzene rings is 1. The van der Waals surface area contributed by atoms with E-state index in [2.05, 4.69) is 5.32 Å². The summed E-state index contributed by atoms with van der Waals surface area (Å²) in [6.45, 7) is 11.4. The summed E-state index contributed by atoms with van der Waals surface area (Å²) in [5.41, 5.74) is 0.378. The maximum absolute atomic E-state index is 14.1. The van der Waals surface area contributed by atoms with Crippen LogP contribution in [-0.4, -0.2) is 130 Å². The van der Waals surface area contributed by atoms with Crippen LogP contribution < -0.4 is 10.2 Å². The molecule has 0 radical (unpaired) electrons. The second-order valence-corrected chi connectivity index (χ2v) is 21.0. The number of carbonyl (C=O) groups excluding carboxylic acids is 8. The smallest absolute Gasteiger partial charge is 0.409 e. The van der Waals surface area contributed by atoms with Gasteiger partial charge in [-0.15, -0.1) is 16.8 Å². The number of imide groups is 2. The van der Waals surface area contributed by atoms with Crippen molar-refractivity contribution >= 4 is 76.6 Å². The van der Waals surface area contributed by atoms with E-state index in [9.17, 15) is 43.5 Å². The number of fused-ring (bicyclic) bond motifs is 5. The Hall–Kier alpha value is -4.82. The van der Waals surface area contributed by atoms with Gasteiger partial charge in [-0.2, -0.15) is 0 Å². The highest BCUT2D eigenvalue weighted by Gasteiger charge is 2.64. The van der Waals surface area contributed by atoms with E-state index in [0.717, 1.165) is 30.5 Å². The Morgan fingerprint density at radius 1 is 1.01 bits per heavy atom. The summed E-state index contributed by atoms with van der Waals surface area (Å²) < 4.78 is 23.6. The van der Waals surface area contributed by atoms with Crippen LogP contribution in [0.1, 0.15) is 104 Å². The number of hydrogen-bond acceptors (Lipinski definition) is 15. The van der Waals surface area contributed by atoms with Gasteiger partial charge in [0.15, 0.2) is 0 Å². The molecule has 0 spiro atoms. The summed E-state index contributed by atoms with van der Waals surface area (Å²) in [7, 11) is 1.61. The van der Waals surface area contributed by atoms with Crippen molar-refractivity contribution < 1.29 is 67.2 Å². The molecule has 8 atom stereocenters. The minimum Gasteiger partial charge on any atom is -0.457 e. The third kappa shape index (κ3) is 12.9. The summed E-state index contributed by atoms with van der Waals surface area (Å²) in [5.74, 6) is -4.75. The Labute approximate surface area is 412 Å². The predicted octanol–water partition coefficient (Wildman–Crippen LogP) is 5.52. The third-order valence-electron chi connectivity index (χ3n) is 13.9. The van der Waals surface area contributed by atoms with E-state index >= 15 is 0 Å². The van der Waals surface area contributed by atoms with Crippen LogP contribution in [0.2, 0.25) is 5.02 Å². The predicted molar refractivity (Wildman–Crippen MR) is 253 cm³/mol. The summed E-state index contributed by atoms with van der Waals surface area (Å²) in [6, 6.07) is 3.82. The lowest BCUT2D eigenvalue weighted by Gasteiger charge is -2.41. The van der Waals surface area contributed by atoms with Crippen LogP contribution >= 0.6 is 23.4 Å². The summed E-state index contributed by atoms with van der Waals surface area (Å²) in [5, 5.41) is 14.6. The highest BCUT2D eigenvalue weighted by Crippen LogP contribution is 2.49. The van der Waals surface area contributed by atoms with Gasteiger partial charge in [-0.25, -0.2) is 14.4 Å². The van der Waals surface area contributed by atoms with Gasteiger partial charge in [-0.3, -0.25) is 34.2 Å². The zero-order valence-electron chi connectivity index (χ0n) is 40.6. The summed E-state index contributed by atoms with van der Waals surface area (Å²) in [4.78, 5) is 110. The number of nitrogens with zero attached hydrogens (tertiary/aromatic N) is 3. The number of rotatable bonds is 11. The van der Waals surface area contributed by atoms with Crippen LogP contribution in [0.25, 0.3) is 0 Å². The number of ether oxygens (including phenoxy) is 4. The highest BCUT2D eigenvalue weighted by molar-refractivity contribution is 8.00. The Bertz CT molecular complexity index is 2240. The molecule has 4 bridgehead atoms. The molecule has 4 fully saturated rings. The Morgan fingerprint density at radius 2 is 1.71 bits per heavy atom. The van der Waals surface area contributed by atoms with E-state index < -0.39 is 95.0 Å². The number of aliphatic hydroxyl groups is 1. The Morgan fingerprint density at radius 3 is 2.39 bits per heavy atom. The van der Waals surface area contributed by atoms with Crippen molar-refractivity contribution in [3.05, 3.63) is 52.1 Å². The number of thioether (sulfide) groups is 1. The van der Waals surface area contributed by atoms with Gasteiger partial charge in [0.1, 0.15) is 30.1 Å². The minimum absolute atomic E-state index is 0.00440. The highest BCUT2D eigenvalue weighted by atomic mass is 35.5. The first kappa shape index (κ1) is 53.5. The van der Waals surface area contributed by atoms with E-state index in [1.54, 1.807) is 20.9 Å². The second-order valence-electron chi connectivity index (χ2n) is 19.3. The van der Waals surface area contributed by atoms with E-state index in [1.807, 2.05) is 51.1 Å². The molecule has 6 rings (SSSR count). The van der Waals surface area contributed by atoms with Crippen molar-refractivity contribution in [2.75, 3.05) is 37.5 Å². The molecule has 378 valence electrons. The molecular weight excluding hydrogens is 936 g/mol. The SMILES string of the molecule is CC(=O)N(OC(=O)[C@H]1CC[C@H](CN2C(=O)CC(SCCCOCC(=O)O[C@H]3CC(=O)N(C)c4cc(cc(C)c4Cl)C/C(C)=C/C=C/[C@@H](C)[C@@]4(O)CC(OC(=O)N4)[C@@H](C)[C@@H]4O[C@@]34C)C2=O)CC1)C(C)=O. The fraction of sp³-hybridized carbons (Fsp3) is 0.633. The molecule has 69 heavy (non-hydrogen) atoms. The van der Waals surface area contributed by atoms with Crippen molar-refractivity contribution in [3.8, 4) is 0 Å². The van der Waals surface area contributed by atoms with Gasteiger partial charge in [-0.05, 0) is 88.2 Å². The number of anilines is 1. The number of carbonyl (C=O) groups is 8. The maximum Gasteiger partial charge on any atom is 0.409 e. The van der Waals surface area contributed by atoms with Gasteiger partial charge in [0.25, 0.3) is 11.8 Å². The number of amides is 6. The lowest BCUT2D eigenvalue weighted by atomic mass is 9.82. The molecule has 2 unspecified atom stereocenters. The quantitative estimate of drug-likeness (QED) is 0.0916. The zero-order chi connectivity index (χ0) is 50.5. The molecule has 1 aromatic rings. The minimum atomic E-state index is -1.63.